The van der Waals surface area contributed by atoms with Crippen LogP contribution in [0.25, 0.3) is 0 Å². The number of carbonyl (C=O) groups is 1. The Morgan fingerprint density at radius 3 is 2.75 bits per heavy atom. The molecule has 20 heavy (non-hydrogen) atoms. The molecule has 2 fully saturated rings. The fourth-order valence-electron chi connectivity index (χ4n) is 2.85. The first-order chi connectivity index (χ1) is 9.70. The van der Waals surface area contributed by atoms with E-state index in [9.17, 15) is 4.79 Å². The highest BCUT2D eigenvalue weighted by molar-refractivity contribution is 5.81. The topological polar surface area (TPSA) is 65.0 Å². The molecule has 2 saturated heterocycles. The standard InChI is InChI=1S/C14H27N3O3/c1-12(14(19)15-11-13-3-2-10-20-13)17-6-4-16(5-7-17)8-9-18/h12-13,18H,2-11H2,1H3,(H,15,19)/t12-,13-/m0/s1. The van der Waals surface area contributed by atoms with Crippen molar-refractivity contribution in [1.29, 1.82) is 0 Å². The third-order valence-electron chi connectivity index (χ3n) is 4.28. The van der Waals surface area contributed by atoms with E-state index in [0.29, 0.717) is 6.54 Å². The number of nitrogens with one attached hydrogen (secondary N) is 1. The Kier molecular flexibility index (Phi) is 6.22. The molecule has 2 aliphatic rings. The van der Waals surface area contributed by atoms with Gasteiger partial charge < -0.3 is 15.2 Å². The van der Waals surface area contributed by atoms with E-state index in [1.54, 1.807) is 0 Å². The third-order valence-corrected chi connectivity index (χ3v) is 4.28. The van der Waals surface area contributed by atoms with Gasteiger partial charge in [0.15, 0.2) is 0 Å². The van der Waals surface area contributed by atoms with Crippen LogP contribution in [0.15, 0.2) is 0 Å². The van der Waals surface area contributed by atoms with Gasteiger partial charge in [0, 0.05) is 45.9 Å². The first-order valence-corrected chi connectivity index (χ1v) is 7.67. The van der Waals surface area contributed by atoms with Crippen molar-refractivity contribution in [2.75, 3.05) is 52.5 Å². The van der Waals surface area contributed by atoms with Crippen LogP contribution in [0.2, 0.25) is 0 Å². The summed E-state index contributed by atoms with van der Waals surface area (Å²) >= 11 is 0. The van der Waals surface area contributed by atoms with Crippen LogP contribution in [0.5, 0.6) is 0 Å². The molecule has 0 aromatic rings. The van der Waals surface area contributed by atoms with E-state index in [1.807, 2.05) is 6.92 Å². The Balaban J connectivity index is 1.67. The first kappa shape index (κ1) is 15.7. The van der Waals surface area contributed by atoms with E-state index < -0.39 is 0 Å². The summed E-state index contributed by atoms with van der Waals surface area (Å²) in [5.74, 6) is 0.0936. The Bertz CT molecular complexity index is 300. The van der Waals surface area contributed by atoms with Crippen molar-refractivity contribution in [3.05, 3.63) is 0 Å². The molecule has 0 aliphatic carbocycles. The molecule has 0 bridgehead atoms. The molecule has 1 amide bonds. The van der Waals surface area contributed by atoms with Crippen LogP contribution >= 0.6 is 0 Å². The van der Waals surface area contributed by atoms with Gasteiger partial charge in [0.2, 0.25) is 5.91 Å². The summed E-state index contributed by atoms with van der Waals surface area (Å²) in [4.78, 5) is 16.6. The van der Waals surface area contributed by atoms with Gasteiger partial charge in [0.05, 0.1) is 18.8 Å². The number of nitrogens with zero attached hydrogens (tertiary/aromatic N) is 2. The number of piperazine rings is 1. The van der Waals surface area contributed by atoms with Crippen LogP contribution in [0, 0.1) is 0 Å². The second-order valence-electron chi connectivity index (χ2n) is 5.66. The van der Waals surface area contributed by atoms with Crippen LogP contribution < -0.4 is 5.32 Å². The molecule has 0 unspecified atom stereocenters. The average molecular weight is 285 g/mol. The lowest BCUT2D eigenvalue weighted by molar-refractivity contribution is -0.127. The smallest absolute Gasteiger partial charge is 0.237 e. The highest BCUT2D eigenvalue weighted by Gasteiger charge is 2.26. The second kappa shape index (κ2) is 7.93. The lowest BCUT2D eigenvalue weighted by atomic mass is 10.2. The predicted octanol–water partition coefficient (Wildman–Crippen LogP) is -0.720. The lowest BCUT2D eigenvalue weighted by Crippen LogP contribution is -2.54. The minimum Gasteiger partial charge on any atom is -0.395 e. The number of hydrogen-bond donors (Lipinski definition) is 2. The summed E-state index contributed by atoms with van der Waals surface area (Å²) < 4.78 is 5.51. The first-order valence-electron chi connectivity index (χ1n) is 7.67. The van der Waals surface area contributed by atoms with Gasteiger partial charge in [-0.05, 0) is 19.8 Å². The molecule has 2 rings (SSSR count). The summed E-state index contributed by atoms with van der Waals surface area (Å²) in [5, 5.41) is 11.9. The second-order valence-corrected chi connectivity index (χ2v) is 5.66. The number of hydrogen-bond acceptors (Lipinski definition) is 5. The molecule has 0 radical (unpaired) electrons. The minimum absolute atomic E-state index is 0.0901. The molecule has 2 N–H and O–H groups in total. The summed E-state index contributed by atoms with van der Waals surface area (Å²) in [6, 6.07) is -0.0901. The van der Waals surface area contributed by atoms with E-state index in [0.717, 1.165) is 52.2 Å². The number of aliphatic hydroxyl groups is 1. The zero-order valence-electron chi connectivity index (χ0n) is 12.4. The van der Waals surface area contributed by atoms with E-state index >= 15 is 0 Å². The highest BCUT2D eigenvalue weighted by Crippen LogP contribution is 2.11. The zero-order valence-corrected chi connectivity index (χ0v) is 12.4. The Labute approximate surface area is 121 Å². The number of β-amino-alcohol motifs (C(OH)–C–C–N with tert-alkyl or cyclic N) is 1. The van der Waals surface area contributed by atoms with Gasteiger partial charge in [-0.1, -0.05) is 0 Å². The van der Waals surface area contributed by atoms with Gasteiger partial charge in [0.25, 0.3) is 0 Å². The van der Waals surface area contributed by atoms with Gasteiger partial charge in [0.1, 0.15) is 0 Å². The van der Waals surface area contributed by atoms with E-state index in [-0.39, 0.29) is 24.7 Å². The molecule has 2 aliphatic heterocycles. The maximum Gasteiger partial charge on any atom is 0.237 e. The summed E-state index contributed by atoms with van der Waals surface area (Å²) in [5.41, 5.74) is 0. The van der Waals surface area contributed by atoms with Crippen molar-refractivity contribution >= 4 is 5.91 Å². The zero-order chi connectivity index (χ0) is 14.4. The van der Waals surface area contributed by atoms with Gasteiger partial charge in [-0.25, -0.2) is 0 Å². The molecule has 2 atom stereocenters. The largest absolute Gasteiger partial charge is 0.395 e. The molecule has 116 valence electrons. The maximum atomic E-state index is 12.1. The number of ether oxygens (including phenoxy) is 1. The highest BCUT2D eigenvalue weighted by atomic mass is 16.5. The Morgan fingerprint density at radius 1 is 1.40 bits per heavy atom. The quantitative estimate of drug-likeness (QED) is 0.674. The lowest BCUT2D eigenvalue weighted by Gasteiger charge is -2.37. The molecule has 6 nitrogen and oxygen atoms in total. The average Bonchev–Trinajstić information content (AvgIpc) is 2.98. The molecular formula is C14H27N3O3. The third kappa shape index (κ3) is 4.41. The minimum atomic E-state index is -0.0901. The summed E-state index contributed by atoms with van der Waals surface area (Å²) in [6.45, 7) is 7.96. The fraction of sp³-hybridized carbons (Fsp3) is 0.929. The van der Waals surface area contributed by atoms with Crippen molar-refractivity contribution in [3.63, 3.8) is 0 Å². The summed E-state index contributed by atoms with van der Waals surface area (Å²) in [7, 11) is 0. The van der Waals surface area contributed by atoms with Crippen LogP contribution in [-0.4, -0.2) is 85.4 Å². The van der Waals surface area contributed by atoms with E-state index in [1.165, 1.54) is 0 Å². The van der Waals surface area contributed by atoms with Crippen molar-refractivity contribution < 1.29 is 14.6 Å². The van der Waals surface area contributed by atoms with Crippen LogP contribution in [0.4, 0.5) is 0 Å². The van der Waals surface area contributed by atoms with Crippen molar-refractivity contribution in [2.45, 2.75) is 31.9 Å². The molecule has 0 spiro atoms. The van der Waals surface area contributed by atoms with Crippen molar-refractivity contribution in [1.82, 2.24) is 15.1 Å². The van der Waals surface area contributed by atoms with Crippen molar-refractivity contribution in [2.24, 2.45) is 0 Å². The van der Waals surface area contributed by atoms with Crippen LogP contribution in [0.1, 0.15) is 19.8 Å². The molecule has 0 saturated carbocycles. The van der Waals surface area contributed by atoms with Gasteiger partial charge in [-0.2, -0.15) is 0 Å². The summed E-state index contributed by atoms with van der Waals surface area (Å²) in [6.07, 6.45) is 2.35. The van der Waals surface area contributed by atoms with Crippen molar-refractivity contribution in [3.8, 4) is 0 Å². The molecule has 6 heteroatoms. The molecule has 0 aromatic carbocycles. The molecular weight excluding hydrogens is 258 g/mol. The Hall–Kier alpha value is -0.690. The van der Waals surface area contributed by atoms with Crippen LogP contribution in [-0.2, 0) is 9.53 Å². The number of rotatable bonds is 6. The molecule has 2 heterocycles. The van der Waals surface area contributed by atoms with E-state index in [2.05, 4.69) is 15.1 Å². The number of aliphatic hydroxyl groups excluding tert-OH is 1. The van der Waals surface area contributed by atoms with Crippen LogP contribution in [0.3, 0.4) is 0 Å². The van der Waals surface area contributed by atoms with E-state index in [4.69, 9.17) is 9.84 Å². The number of amides is 1. The van der Waals surface area contributed by atoms with Gasteiger partial charge in [-0.3, -0.25) is 14.6 Å². The molecule has 0 aromatic heterocycles. The number of carbonyl (C=O) groups excluding carboxylic acids is 1. The fourth-order valence-corrected chi connectivity index (χ4v) is 2.85. The monoisotopic (exact) mass is 285 g/mol. The van der Waals surface area contributed by atoms with Gasteiger partial charge >= 0.3 is 0 Å². The predicted molar refractivity (Wildman–Crippen MR) is 76.5 cm³/mol. The SMILES string of the molecule is C[C@@H](C(=O)NC[C@@H]1CCCO1)N1CCN(CCO)CC1. The normalized spacial score (nSPS) is 26.6. The van der Waals surface area contributed by atoms with Gasteiger partial charge in [-0.15, -0.1) is 0 Å². The maximum absolute atomic E-state index is 12.1. The Morgan fingerprint density at radius 2 is 2.15 bits per heavy atom.